The van der Waals surface area contributed by atoms with Gasteiger partial charge in [-0.25, -0.2) is 4.98 Å². The molecule has 0 amide bonds. The third-order valence-corrected chi connectivity index (χ3v) is 7.71. The monoisotopic (exact) mass is 474 g/mol. The van der Waals surface area contributed by atoms with Crippen LogP contribution in [0.3, 0.4) is 0 Å². The molecule has 0 aliphatic heterocycles. The zero-order chi connectivity index (χ0) is 22.9. The number of aromatic nitrogens is 4. The first-order valence-corrected chi connectivity index (χ1v) is 12.3. The van der Waals surface area contributed by atoms with Crippen molar-refractivity contribution in [1.82, 2.24) is 19.7 Å². The van der Waals surface area contributed by atoms with E-state index in [1.54, 1.807) is 15.9 Å². The van der Waals surface area contributed by atoms with Crippen LogP contribution in [-0.2, 0) is 6.54 Å². The second-order valence-electron chi connectivity index (χ2n) is 7.81. The number of thiophene rings is 1. The maximum atomic E-state index is 13.6. The van der Waals surface area contributed by atoms with Crippen LogP contribution in [0.25, 0.3) is 21.7 Å². The zero-order valence-corrected chi connectivity index (χ0v) is 20.1. The Morgan fingerprint density at radius 1 is 1.03 bits per heavy atom. The van der Waals surface area contributed by atoms with Crippen molar-refractivity contribution in [3.8, 4) is 11.5 Å². The van der Waals surface area contributed by atoms with E-state index in [4.69, 9.17) is 9.40 Å². The molecular formula is C25H22N4O2S2. The molecule has 0 aliphatic carbocycles. The fraction of sp³-hybridized carbons (Fsp3) is 0.200. The van der Waals surface area contributed by atoms with Gasteiger partial charge in [0.05, 0.1) is 17.2 Å². The van der Waals surface area contributed by atoms with Gasteiger partial charge in [0.1, 0.15) is 4.83 Å². The minimum absolute atomic E-state index is 0.0177. The number of benzene rings is 2. The Labute approximate surface area is 199 Å². The fourth-order valence-corrected chi connectivity index (χ4v) is 5.62. The molecular weight excluding hydrogens is 452 g/mol. The summed E-state index contributed by atoms with van der Waals surface area (Å²) in [4.78, 5) is 20.3. The van der Waals surface area contributed by atoms with Crippen LogP contribution in [-0.4, -0.2) is 19.7 Å². The lowest BCUT2D eigenvalue weighted by atomic mass is 10.2. The molecule has 166 valence electrons. The molecule has 0 bridgehead atoms. The van der Waals surface area contributed by atoms with Crippen LogP contribution in [0.1, 0.15) is 34.1 Å². The molecule has 0 aliphatic rings. The van der Waals surface area contributed by atoms with Gasteiger partial charge in [0, 0.05) is 10.4 Å². The highest BCUT2D eigenvalue weighted by molar-refractivity contribution is 7.99. The summed E-state index contributed by atoms with van der Waals surface area (Å²) in [5.41, 5.74) is 2.90. The molecule has 33 heavy (non-hydrogen) atoms. The van der Waals surface area contributed by atoms with Crippen LogP contribution in [0.4, 0.5) is 0 Å². The SMILES string of the molecule is Cc1sc2nc(S[C@H](C)c3nnc(-c4ccccc4)o3)n(Cc3ccccc3)c(=O)c2c1C. The number of rotatable bonds is 6. The van der Waals surface area contributed by atoms with Gasteiger partial charge >= 0.3 is 0 Å². The number of fused-ring (bicyclic) bond motifs is 1. The third-order valence-electron chi connectivity index (χ3n) is 5.53. The van der Waals surface area contributed by atoms with Crippen molar-refractivity contribution >= 4 is 33.3 Å². The Bertz CT molecular complexity index is 1470. The quantitative estimate of drug-likeness (QED) is 0.221. The summed E-state index contributed by atoms with van der Waals surface area (Å²) in [5.74, 6) is 0.977. The number of hydrogen-bond donors (Lipinski definition) is 0. The molecule has 1 atom stereocenters. The van der Waals surface area contributed by atoms with E-state index in [1.165, 1.54) is 11.8 Å². The minimum Gasteiger partial charge on any atom is -0.419 e. The van der Waals surface area contributed by atoms with Crippen molar-refractivity contribution in [3.63, 3.8) is 0 Å². The Morgan fingerprint density at radius 3 is 2.45 bits per heavy atom. The molecule has 0 saturated heterocycles. The van der Waals surface area contributed by atoms with E-state index in [0.717, 1.165) is 26.4 Å². The van der Waals surface area contributed by atoms with Crippen LogP contribution in [0.2, 0.25) is 0 Å². The van der Waals surface area contributed by atoms with Gasteiger partial charge in [-0.2, -0.15) is 0 Å². The molecule has 6 nitrogen and oxygen atoms in total. The molecule has 0 radical (unpaired) electrons. The van der Waals surface area contributed by atoms with Gasteiger partial charge in [0.2, 0.25) is 11.8 Å². The van der Waals surface area contributed by atoms with E-state index in [-0.39, 0.29) is 10.8 Å². The molecule has 5 aromatic rings. The molecule has 0 fully saturated rings. The molecule has 3 aromatic heterocycles. The minimum atomic E-state index is -0.177. The number of hydrogen-bond acceptors (Lipinski definition) is 7. The maximum absolute atomic E-state index is 13.6. The number of aryl methyl sites for hydroxylation is 2. The van der Waals surface area contributed by atoms with E-state index < -0.39 is 0 Å². The van der Waals surface area contributed by atoms with Gasteiger partial charge < -0.3 is 4.42 Å². The van der Waals surface area contributed by atoms with E-state index in [2.05, 4.69) is 10.2 Å². The summed E-state index contributed by atoms with van der Waals surface area (Å²) in [5, 5.41) is 9.63. The molecule has 0 unspecified atom stereocenters. The first kappa shape index (κ1) is 21.6. The summed E-state index contributed by atoms with van der Waals surface area (Å²) in [6.07, 6.45) is 0. The lowest BCUT2D eigenvalue weighted by Crippen LogP contribution is -2.24. The van der Waals surface area contributed by atoms with Gasteiger partial charge in [0.15, 0.2) is 5.16 Å². The number of nitrogens with zero attached hydrogens (tertiary/aromatic N) is 4. The largest absolute Gasteiger partial charge is 0.419 e. The topological polar surface area (TPSA) is 73.8 Å². The van der Waals surface area contributed by atoms with Crippen LogP contribution >= 0.6 is 23.1 Å². The first-order chi connectivity index (χ1) is 16.0. The van der Waals surface area contributed by atoms with Gasteiger partial charge in [0.25, 0.3) is 5.56 Å². The second-order valence-corrected chi connectivity index (χ2v) is 10.3. The summed E-state index contributed by atoms with van der Waals surface area (Å²) in [7, 11) is 0. The molecule has 8 heteroatoms. The van der Waals surface area contributed by atoms with E-state index in [9.17, 15) is 4.79 Å². The molecule has 3 heterocycles. The van der Waals surface area contributed by atoms with Crippen molar-refractivity contribution in [3.05, 3.63) is 92.9 Å². The van der Waals surface area contributed by atoms with E-state index >= 15 is 0 Å². The van der Waals surface area contributed by atoms with Gasteiger partial charge in [-0.05, 0) is 44.0 Å². The standard InChI is InChI=1S/C25H22N4O2S2/c1-15-16(2)32-23-20(15)24(30)29(14-18-10-6-4-7-11-18)25(26-23)33-17(3)21-27-28-22(31-21)19-12-8-5-9-13-19/h4-13,17H,14H2,1-3H3/t17-/m1/s1. The van der Waals surface area contributed by atoms with Crippen LogP contribution in [0.5, 0.6) is 0 Å². The zero-order valence-electron chi connectivity index (χ0n) is 18.5. The Hall–Kier alpha value is -3.23. The van der Waals surface area contributed by atoms with Crippen LogP contribution in [0, 0.1) is 13.8 Å². The number of thioether (sulfide) groups is 1. The van der Waals surface area contributed by atoms with Crippen LogP contribution < -0.4 is 5.56 Å². The van der Waals surface area contributed by atoms with Crippen LogP contribution in [0.15, 0.2) is 75.0 Å². The average Bonchev–Trinajstić information content (AvgIpc) is 3.43. The van der Waals surface area contributed by atoms with Crippen molar-refractivity contribution in [1.29, 1.82) is 0 Å². The summed E-state index contributed by atoms with van der Waals surface area (Å²) < 4.78 is 7.70. The van der Waals surface area contributed by atoms with Crippen molar-refractivity contribution in [2.75, 3.05) is 0 Å². The predicted octanol–water partition coefficient (Wildman–Crippen LogP) is 6.03. The molecule has 0 spiro atoms. The van der Waals surface area contributed by atoms with Gasteiger partial charge in [-0.3, -0.25) is 9.36 Å². The van der Waals surface area contributed by atoms with Gasteiger partial charge in [-0.15, -0.1) is 21.5 Å². The normalized spacial score (nSPS) is 12.3. The Balaban J connectivity index is 1.53. The highest BCUT2D eigenvalue weighted by atomic mass is 32.2. The smallest absolute Gasteiger partial charge is 0.263 e. The molecule has 5 rings (SSSR count). The summed E-state index contributed by atoms with van der Waals surface area (Å²) in [6.45, 7) is 6.46. The average molecular weight is 475 g/mol. The highest BCUT2D eigenvalue weighted by Gasteiger charge is 2.22. The third kappa shape index (κ3) is 4.24. The van der Waals surface area contributed by atoms with Crippen molar-refractivity contribution in [2.45, 2.75) is 37.7 Å². The predicted molar refractivity (Wildman–Crippen MR) is 133 cm³/mol. The molecule has 2 aromatic carbocycles. The molecule has 0 N–H and O–H groups in total. The van der Waals surface area contributed by atoms with Crippen molar-refractivity contribution < 1.29 is 4.42 Å². The second kappa shape index (κ2) is 8.96. The van der Waals surface area contributed by atoms with Gasteiger partial charge in [-0.1, -0.05) is 60.3 Å². The van der Waals surface area contributed by atoms with E-state index in [1.807, 2.05) is 81.4 Å². The Kier molecular flexibility index (Phi) is 5.86. The summed E-state index contributed by atoms with van der Waals surface area (Å²) in [6, 6.07) is 19.6. The molecule has 0 saturated carbocycles. The first-order valence-electron chi connectivity index (χ1n) is 10.6. The summed E-state index contributed by atoms with van der Waals surface area (Å²) >= 11 is 3.01. The van der Waals surface area contributed by atoms with E-state index in [0.29, 0.717) is 28.9 Å². The lowest BCUT2D eigenvalue weighted by molar-refractivity contribution is 0.508. The van der Waals surface area contributed by atoms with Crippen molar-refractivity contribution in [2.24, 2.45) is 0 Å². The lowest BCUT2D eigenvalue weighted by Gasteiger charge is -2.14. The maximum Gasteiger partial charge on any atom is 0.263 e. The Morgan fingerprint density at radius 2 is 1.73 bits per heavy atom. The highest BCUT2D eigenvalue weighted by Crippen LogP contribution is 2.36. The fourth-order valence-electron chi connectivity index (χ4n) is 3.61.